The summed E-state index contributed by atoms with van der Waals surface area (Å²) in [6.07, 6.45) is 6.26. The Bertz CT molecular complexity index is 234. The Morgan fingerprint density at radius 3 is 2.56 bits per heavy atom. The van der Waals surface area contributed by atoms with E-state index >= 15 is 0 Å². The smallest absolute Gasteiger partial charge is 0.317 e. The summed E-state index contributed by atoms with van der Waals surface area (Å²) in [5.41, 5.74) is 0. The predicted molar refractivity (Wildman–Crippen MR) is 64.5 cm³/mol. The Hall–Kier alpha value is -0.770. The van der Waals surface area contributed by atoms with Crippen LogP contribution in [0.25, 0.3) is 0 Å². The summed E-state index contributed by atoms with van der Waals surface area (Å²) in [5, 5.41) is 3.00. The molecule has 0 unspecified atom stereocenters. The van der Waals surface area contributed by atoms with Gasteiger partial charge in [-0.25, -0.2) is 4.79 Å². The molecule has 0 atom stereocenters. The zero-order chi connectivity index (χ0) is 11.4. The van der Waals surface area contributed by atoms with Gasteiger partial charge >= 0.3 is 6.03 Å². The summed E-state index contributed by atoms with van der Waals surface area (Å²) in [4.78, 5) is 16.0. The molecule has 1 saturated heterocycles. The average Bonchev–Trinajstić information content (AvgIpc) is 2.67. The minimum Gasteiger partial charge on any atom is -0.337 e. The molecule has 1 aliphatic carbocycles. The minimum atomic E-state index is 0.101. The number of nitrogens with zero attached hydrogens (tertiary/aromatic N) is 2. The maximum atomic E-state index is 11.7. The third kappa shape index (κ3) is 2.88. The van der Waals surface area contributed by atoms with Gasteiger partial charge in [-0.3, -0.25) is 0 Å². The molecule has 0 spiro atoms. The van der Waals surface area contributed by atoms with Crippen LogP contribution in [0, 0.1) is 0 Å². The molecule has 0 aromatic rings. The van der Waals surface area contributed by atoms with Gasteiger partial charge in [-0.05, 0) is 45.2 Å². The van der Waals surface area contributed by atoms with Crippen LogP contribution < -0.4 is 5.32 Å². The number of rotatable bonds is 4. The fourth-order valence-electron chi connectivity index (χ4n) is 2.39. The number of amides is 2. The first-order valence-corrected chi connectivity index (χ1v) is 6.50. The fourth-order valence-corrected chi connectivity index (χ4v) is 2.39. The molecule has 0 aromatic carbocycles. The normalized spacial score (nSPS) is 21.8. The summed E-state index contributed by atoms with van der Waals surface area (Å²) >= 11 is 0. The van der Waals surface area contributed by atoms with E-state index < -0.39 is 0 Å². The quantitative estimate of drug-likeness (QED) is 0.782. The Kier molecular flexibility index (Phi) is 4.04. The Morgan fingerprint density at radius 2 is 2.00 bits per heavy atom. The second-order valence-corrected chi connectivity index (χ2v) is 4.98. The summed E-state index contributed by atoms with van der Waals surface area (Å²) in [6.45, 7) is 4.20. The number of hydrogen-bond acceptors (Lipinski definition) is 2. The lowest BCUT2D eigenvalue weighted by atomic mass is 9.92. The molecule has 2 amide bonds. The second-order valence-electron chi connectivity index (χ2n) is 4.98. The van der Waals surface area contributed by atoms with Crippen LogP contribution in [0.15, 0.2) is 0 Å². The van der Waals surface area contributed by atoms with E-state index in [0.29, 0.717) is 6.04 Å². The molecule has 1 aliphatic heterocycles. The van der Waals surface area contributed by atoms with Crippen molar-refractivity contribution in [1.29, 1.82) is 0 Å². The molecule has 0 bridgehead atoms. The zero-order valence-corrected chi connectivity index (χ0v) is 10.2. The van der Waals surface area contributed by atoms with Crippen molar-refractivity contribution >= 4 is 6.03 Å². The maximum absolute atomic E-state index is 11.7. The monoisotopic (exact) mass is 225 g/mol. The van der Waals surface area contributed by atoms with Crippen molar-refractivity contribution in [1.82, 2.24) is 15.1 Å². The SMILES string of the molecule is CN(C(=O)NCCN1CCCC1)C1CCC1. The van der Waals surface area contributed by atoms with Gasteiger partial charge in [0.25, 0.3) is 0 Å². The molecule has 92 valence electrons. The highest BCUT2D eigenvalue weighted by molar-refractivity contribution is 5.74. The van der Waals surface area contributed by atoms with Crippen molar-refractivity contribution in [2.75, 3.05) is 33.2 Å². The van der Waals surface area contributed by atoms with Crippen LogP contribution >= 0.6 is 0 Å². The van der Waals surface area contributed by atoms with E-state index in [4.69, 9.17) is 0 Å². The first kappa shape index (κ1) is 11.7. The molecule has 0 aromatic heterocycles. The van der Waals surface area contributed by atoms with Crippen LogP contribution in [0.3, 0.4) is 0 Å². The second kappa shape index (κ2) is 5.53. The van der Waals surface area contributed by atoms with Gasteiger partial charge < -0.3 is 15.1 Å². The molecule has 2 aliphatic rings. The molecule has 2 rings (SSSR count). The number of hydrogen-bond donors (Lipinski definition) is 1. The molecule has 1 heterocycles. The van der Waals surface area contributed by atoms with Crippen LogP contribution in [0.1, 0.15) is 32.1 Å². The summed E-state index contributed by atoms with van der Waals surface area (Å²) in [7, 11) is 1.91. The fraction of sp³-hybridized carbons (Fsp3) is 0.917. The lowest BCUT2D eigenvalue weighted by Crippen LogP contribution is -2.47. The van der Waals surface area contributed by atoms with Crippen LogP contribution in [0.4, 0.5) is 4.79 Å². The van der Waals surface area contributed by atoms with E-state index in [1.165, 1.54) is 45.2 Å². The van der Waals surface area contributed by atoms with E-state index in [2.05, 4.69) is 10.2 Å². The van der Waals surface area contributed by atoms with Crippen LogP contribution in [-0.2, 0) is 0 Å². The van der Waals surface area contributed by atoms with Gasteiger partial charge in [-0.2, -0.15) is 0 Å². The van der Waals surface area contributed by atoms with Gasteiger partial charge in [0.2, 0.25) is 0 Å². The van der Waals surface area contributed by atoms with E-state index in [1.54, 1.807) is 0 Å². The van der Waals surface area contributed by atoms with Gasteiger partial charge in [-0.1, -0.05) is 0 Å². The van der Waals surface area contributed by atoms with Gasteiger partial charge in [0.15, 0.2) is 0 Å². The van der Waals surface area contributed by atoms with E-state index in [0.717, 1.165) is 13.1 Å². The van der Waals surface area contributed by atoms with Crippen molar-refractivity contribution in [2.24, 2.45) is 0 Å². The van der Waals surface area contributed by atoms with E-state index in [9.17, 15) is 4.79 Å². The molecule has 16 heavy (non-hydrogen) atoms. The first-order chi connectivity index (χ1) is 7.77. The summed E-state index contributed by atoms with van der Waals surface area (Å²) < 4.78 is 0. The first-order valence-electron chi connectivity index (χ1n) is 6.50. The van der Waals surface area contributed by atoms with Crippen molar-refractivity contribution < 1.29 is 4.79 Å². The molecule has 4 nitrogen and oxygen atoms in total. The third-order valence-corrected chi connectivity index (χ3v) is 3.85. The van der Waals surface area contributed by atoms with Crippen molar-refractivity contribution in [2.45, 2.75) is 38.1 Å². The Morgan fingerprint density at radius 1 is 1.31 bits per heavy atom. The largest absolute Gasteiger partial charge is 0.337 e. The average molecular weight is 225 g/mol. The van der Waals surface area contributed by atoms with Gasteiger partial charge in [0.1, 0.15) is 0 Å². The van der Waals surface area contributed by atoms with Crippen LogP contribution in [-0.4, -0.2) is 55.1 Å². The number of nitrogens with one attached hydrogen (secondary N) is 1. The zero-order valence-electron chi connectivity index (χ0n) is 10.2. The molecule has 1 saturated carbocycles. The molecular weight excluding hydrogens is 202 g/mol. The summed E-state index contributed by atoms with van der Waals surface area (Å²) in [6, 6.07) is 0.593. The van der Waals surface area contributed by atoms with Crippen molar-refractivity contribution in [3.8, 4) is 0 Å². The van der Waals surface area contributed by atoms with Crippen LogP contribution in [0.5, 0.6) is 0 Å². The van der Waals surface area contributed by atoms with E-state index in [1.807, 2.05) is 11.9 Å². The molecule has 0 radical (unpaired) electrons. The molecular formula is C12H23N3O. The maximum Gasteiger partial charge on any atom is 0.317 e. The standard InChI is InChI=1S/C12H23N3O/c1-14(11-5-4-6-11)12(16)13-7-10-15-8-2-3-9-15/h11H,2-10H2,1H3,(H,13,16). The van der Waals surface area contributed by atoms with Crippen LogP contribution in [0.2, 0.25) is 0 Å². The molecule has 1 N–H and O–H groups in total. The predicted octanol–water partition coefficient (Wildman–Crippen LogP) is 1.28. The topological polar surface area (TPSA) is 35.6 Å². The van der Waals surface area contributed by atoms with Crippen molar-refractivity contribution in [3.63, 3.8) is 0 Å². The Labute approximate surface area is 98.0 Å². The number of carbonyl (C=O) groups excluding carboxylic acids is 1. The highest BCUT2D eigenvalue weighted by Crippen LogP contribution is 2.23. The van der Waals surface area contributed by atoms with E-state index in [-0.39, 0.29) is 6.03 Å². The lowest BCUT2D eigenvalue weighted by molar-refractivity contribution is 0.156. The summed E-state index contributed by atoms with van der Waals surface area (Å²) in [5.74, 6) is 0. The Balaban J connectivity index is 1.59. The number of carbonyl (C=O) groups is 1. The van der Waals surface area contributed by atoms with Gasteiger partial charge in [-0.15, -0.1) is 0 Å². The van der Waals surface area contributed by atoms with Crippen molar-refractivity contribution in [3.05, 3.63) is 0 Å². The lowest BCUT2D eigenvalue weighted by Gasteiger charge is -2.34. The molecule has 4 heteroatoms. The highest BCUT2D eigenvalue weighted by Gasteiger charge is 2.25. The molecule has 2 fully saturated rings. The number of urea groups is 1. The number of likely N-dealkylation sites (tertiary alicyclic amines) is 1. The van der Waals surface area contributed by atoms with Gasteiger partial charge in [0.05, 0.1) is 0 Å². The third-order valence-electron chi connectivity index (χ3n) is 3.85. The minimum absolute atomic E-state index is 0.101. The highest BCUT2D eigenvalue weighted by atomic mass is 16.2. The van der Waals surface area contributed by atoms with Gasteiger partial charge in [0, 0.05) is 26.2 Å².